The summed E-state index contributed by atoms with van der Waals surface area (Å²) in [6.07, 6.45) is 2.89. The lowest BCUT2D eigenvalue weighted by molar-refractivity contribution is 0.0385. The SMILES string of the molecule is CC1COCCC1NCc1ccnc(N(C)C)n1. The van der Waals surface area contributed by atoms with Crippen LogP contribution in [-0.2, 0) is 11.3 Å². The van der Waals surface area contributed by atoms with Crippen molar-refractivity contribution in [1.29, 1.82) is 0 Å². The highest BCUT2D eigenvalue weighted by Crippen LogP contribution is 2.14. The Kier molecular flexibility index (Phi) is 4.49. The van der Waals surface area contributed by atoms with Crippen LogP contribution in [0.1, 0.15) is 19.0 Å². The van der Waals surface area contributed by atoms with Gasteiger partial charge in [-0.1, -0.05) is 6.92 Å². The van der Waals surface area contributed by atoms with E-state index in [1.165, 1.54) is 0 Å². The lowest BCUT2D eigenvalue weighted by atomic mass is 9.98. The molecule has 0 aromatic carbocycles. The molecule has 1 N–H and O–H groups in total. The molecule has 5 nitrogen and oxygen atoms in total. The Morgan fingerprint density at radius 3 is 3.06 bits per heavy atom. The molecule has 2 heterocycles. The van der Waals surface area contributed by atoms with Gasteiger partial charge in [0.2, 0.25) is 5.95 Å². The lowest BCUT2D eigenvalue weighted by Crippen LogP contribution is -2.41. The molecule has 2 atom stereocenters. The number of ether oxygens (including phenoxy) is 1. The first-order valence-corrected chi connectivity index (χ1v) is 6.47. The third-order valence-corrected chi connectivity index (χ3v) is 3.29. The fraction of sp³-hybridized carbons (Fsp3) is 0.692. The molecule has 18 heavy (non-hydrogen) atoms. The maximum absolute atomic E-state index is 5.44. The number of rotatable bonds is 4. The maximum Gasteiger partial charge on any atom is 0.225 e. The largest absolute Gasteiger partial charge is 0.381 e. The topological polar surface area (TPSA) is 50.3 Å². The maximum atomic E-state index is 5.44. The van der Waals surface area contributed by atoms with Crippen LogP contribution in [-0.4, -0.2) is 43.3 Å². The van der Waals surface area contributed by atoms with Crippen molar-refractivity contribution in [2.75, 3.05) is 32.2 Å². The second kappa shape index (κ2) is 6.11. The van der Waals surface area contributed by atoms with Crippen molar-refractivity contribution < 1.29 is 4.74 Å². The normalized spacial score (nSPS) is 23.9. The van der Waals surface area contributed by atoms with Crippen LogP contribution < -0.4 is 10.2 Å². The van der Waals surface area contributed by atoms with Crippen LogP contribution in [0, 0.1) is 5.92 Å². The average Bonchev–Trinajstić information content (AvgIpc) is 2.38. The summed E-state index contributed by atoms with van der Waals surface area (Å²) in [6.45, 7) is 4.72. The van der Waals surface area contributed by atoms with E-state index in [9.17, 15) is 0 Å². The third-order valence-electron chi connectivity index (χ3n) is 3.29. The minimum atomic E-state index is 0.525. The van der Waals surface area contributed by atoms with E-state index >= 15 is 0 Å². The first-order chi connectivity index (χ1) is 8.66. The number of nitrogens with zero attached hydrogens (tertiary/aromatic N) is 3. The minimum Gasteiger partial charge on any atom is -0.381 e. The molecule has 1 aliphatic rings. The van der Waals surface area contributed by atoms with Crippen LogP contribution in [0.15, 0.2) is 12.3 Å². The van der Waals surface area contributed by atoms with E-state index in [2.05, 4.69) is 22.2 Å². The van der Waals surface area contributed by atoms with Gasteiger partial charge in [-0.05, 0) is 18.4 Å². The Balaban J connectivity index is 1.91. The Labute approximate surface area is 109 Å². The first-order valence-electron chi connectivity index (χ1n) is 6.47. The summed E-state index contributed by atoms with van der Waals surface area (Å²) >= 11 is 0. The van der Waals surface area contributed by atoms with Gasteiger partial charge in [0.15, 0.2) is 0 Å². The van der Waals surface area contributed by atoms with Gasteiger partial charge in [0, 0.05) is 39.5 Å². The molecule has 2 rings (SSSR count). The molecular formula is C13H22N4O. The first kappa shape index (κ1) is 13.2. The molecule has 2 unspecified atom stereocenters. The fourth-order valence-electron chi connectivity index (χ4n) is 2.12. The van der Waals surface area contributed by atoms with Crippen molar-refractivity contribution in [1.82, 2.24) is 15.3 Å². The molecule has 0 spiro atoms. The van der Waals surface area contributed by atoms with Gasteiger partial charge in [0.25, 0.3) is 0 Å². The summed E-state index contributed by atoms with van der Waals surface area (Å²) < 4.78 is 5.44. The Hall–Kier alpha value is -1.20. The van der Waals surface area contributed by atoms with Crippen molar-refractivity contribution in [3.63, 3.8) is 0 Å². The number of aromatic nitrogens is 2. The Morgan fingerprint density at radius 2 is 2.33 bits per heavy atom. The molecule has 0 bridgehead atoms. The van der Waals surface area contributed by atoms with Gasteiger partial charge in [-0.2, -0.15) is 0 Å². The molecule has 1 saturated heterocycles. The van der Waals surface area contributed by atoms with Crippen LogP contribution in [0.3, 0.4) is 0 Å². The Bertz CT molecular complexity index is 383. The quantitative estimate of drug-likeness (QED) is 0.866. The minimum absolute atomic E-state index is 0.525. The summed E-state index contributed by atoms with van der Waals surface area (Å²) in [5.41, 5.74) is 1.03. The highest BCUT2D eigenvalue weighted by Gasteiger charge is 2.21. The summed E-state index contributed by atoms with van der Waals surface area (Å²) in [7, 11) is 3.90. The van der Waals surface area contributed by atoms with Gasteiger partial charge in [-0.3, -0.25) is 0 Å². The predicted octanol–water partition coefficient (Wildman–Crippen LogP) is 1.06. The van der Waals surface area contributed by atoms with Crippen LogP contribution >= 0.6 is 0 Å². The third kappa shape index (κ3) is 3.40. The van der Waals surface area contributed by atoms with Crippen molar-refractivity contribution in [3.05, 3.63) is 18.0 Å². The fourth-order valence-corrected chi connectivity index (χ4v) is 2.12. The van der Waals surface area contributed by atoms with E-state index in [1.807, 2.05) is 31.3 Å². The van der Waals surface area contributed by atoms with Crippen molar-refractivity contribution >= 4 is 5.95 Å². The summed E-state index contributed by atoms with van der Waals surface area (Å²) in [4.78, 5) is 10.6. The smallest absolute Gasteiger partial charge is 0.225 e. The second-order valence-electron chi connectivity index (χ2n) is 5.07. The van der Waals surface area contributed by atoms with Gasteiger partial charge < -0.3 is 15.0 Å². The van der Waals surface area contributed by atoms with Crippen molar-refractivity contribution in [2.45, 2.75) is 25.9 Å². The second-order valence-corrected chi connectivity index (χ2v) is 5.07. The molecule has 0 radical (unpaired) electrons. The predicted molar refractivity (Wildman–Crippen MR) is 71.6 cm³/mol. The summed E-state index contributed by atoms with van der Waals surface area (Å²) in [5, 5.41) is 3.56. The highest BCUT2D eigenvalue weighted by atomic mass is 16.5. The van der Waals surface area contributed by atoms with E-state index in [0.29, 0.717) is 12.0 Å². The molecular weight excluding hydrogens is 228 g/mol. The van der Waals surface area contributed by atoms with Gasteiger partial charge in [-0.15, -0.1) is 0 Å². The number of hydrogen-bond acceptors (Lipinski definition) is 5. The molecule has 1 aromatic rings. The van der Waals surface area contributed by atoms with Crippen LogP contribution in [0.4, 0.5) is 5.95 Å². The monoisotopic (exact) mass is 250 g/mol. The molecule has 5 heteroatoms. The van der Waals surface area contributed by atoms with E-state index in [-0.39, 0.29) is 0 Å². The van der Waals surface area contributed by atoms with Crippen LogP contribution in [0.5, 0.6) is 0 Å². The van der Waals surface area contributed by atoms with Gasteiger partial charge in [0.05, 0.1) is 12.3 Å². The zero-order valence-electron chi connectivity index (χ0n) is 11.4. The van der Waals surface area contributed by atoms with E-state index in [4.69, 9.17) is 4.74 Å². The molecule has 1 aliphatic heterocycles. The van der Waals surface area contributed by atoms with Crippen LogP contribution in [0.25, 0.3) is 0 Å². The average molecular weight is 250 g/mol. The van der Waals surface area contributed by atoms with E-state index in [1.54, 1.807) is 0 Å². The summed E-state index contributed by atoms with van der Waals surface area (Å²) in [6, 6.07) is 2.49. The van der Waals surface area contributed by atoms with Crippen LogP contribution in [0.2, 0.25) is 0 Å². The van der Waals surface area contributed by atoms with Crippen molar-refractivity contribution in [2.24, 2.45) is 5.92 Å². The molecule has 100 valence electrons. The molecule has 0 saturated carbocycles. The van der Waals surface area contributed by atoms with Gasteiger partial charge >= 0.3 is 0 Å². The van der Waals surface area contributed by atoms with Crippen molar-refractivity contribution in [3.8, 4) is 0 Å². The number of nitrogens with one attached hydrogen (secondary N) is 1. The standard InChI is InChI=1S/C13H22N4O/c1-10-9-18-7-5-12(10)15-8-11-4-6-14-13(16-11)17(2)3/h4,6,10,12,15H,5,7-9H2,1-3H3. The zero-order valence-corrected chi connectivity index (χ0v) is 11.4. The Morgan fingerprint density at radius 1 is 1.50 bits per heavy atom. The zero-order chi connectivity index (χ0) is 13.0. The number of hydrogen-bond donors (Lipinski definition) is 1. The molecule has 1 aromatic heterocycles. The number of anilines is 1. The lowest BCUT2D eigenvalue weighted by Gasteiger charge is -2.29. The highest BCUT2D eigenvalue weighted by molar-refractivity contribution is 5.27. The van der Waals surface area contributed by atoms with E-state index in [0.717, 1.165) is 37.8 Å². The molecule has 0 amide bonds. The van der Waals surface area contributed by atoms with Gasteiger partial charge in [0.1, 0.15) is 0 Å². The molecule has 1 fully saturated rings. The molecule has 0 aliphatic carbocycles. The van der Waals surface area contributed by atoms with E-state index < -0.39 is 0 Å². The summed E-state index contributed by atoms with van der Waals surface area (Å²) in [5.74, 6) is 1.32. The van der Waals surface area contributed by atoms with Gasteiger partial charge in [-0.25, -0.2) is 9.97 Å².